The lowest BCUT2D eigenvalue weighted by molar-refractivity contribution is 0.213. The molecule has 0 aromatic heterocycles. The highest BCUT2D eigenvalue weighted by Crippen LogP contribution is 2.31. The number of carbonyl (C=O) groups is 1. The summed E-state index contributed by atoms with van der Waals surface area (Å²) >= 11 is 3.43. The number of rotatable bonds is 2. The molecule has 1 heterocycles. The molecule has 2 amide bonds. The first-order valence-corrected chi connectivity index (χ1v) is 5.77. The molecule has 0 spiro atoms. The minimum atomic E-state index is -0.388. The highest BCUT2D eigenvalue weighted by molar-refractivity contribution is 9.10. The lowest BCUT2D eigenvalue weighted by Crippen LogP contribution is -2.33. The number of terminal acetylenes is 1. The third-order valence-electron chi connectivity index (χ3n) is 2.52. The van der Waals surface area contributed by atoms with Crippen LogP contribution in [0, 0.1) is 12.3 Å². The molecular formula is C12H10BrN3O. The maximum Gasteiger partial charge on any atom is 0.346 e. The standard InChI is InChI=1S/C12H10BrN3O/c1-2-7-16-10(11(14)15-12(16)17)8-5-3-4-6-9(8)13/h1,3-6,10H,7H2,(H2,14,15,17). The van der Waals surface area contributed by atoms with Gasteiger partial charge in [0.1, 0.15) is 11.9 Å². The molecular weight excluding hydrogens is 282 g/mol. The number of halogens is 1. The zero-order valence-corrected chi connectivity index (χ0v) is 10.5. The van der Waals surface area contributed by atoms with Gasteiger partial charge in [-0.05, 0) is 11.6 Å². The number of carbonyl (C=O) groups excluding carboxylic acids is 1. The average Bonchev–Trinajstić information content (AvgIpc) is 2.56. The van der Waals surface area contributed by atoms with Crippen molar-refractivity contribution in [2.45, 2.75) is 6.04 Å². The smallest absolute Gasteiger partial charge is 0.346 e. The Morgan fingerprint density at radius 2 is 2.24 bits per heavy atom. The summed E-state index contributed by atoms with van der Waals surface area (Å²) in [6.07, 6.45) is 5.25. The van der Waals surface area contributed by atoms with E-state index < -0.39 is 0 Å². The van der Waals surface area contributed by atoms with Gasteiger partial charge in [-0.3, -0.25) is 4.90 Å². The number of nitrogens with zero attached hydrogens (tertiary/aromatic N) is 2. The molecule has 5 heteroatoms. The van der Waals surface area contributed by atoms with Crippen LogP contribution in [-0.2, 0) is 0 Å². The van der Waals surface area contributed by atoms with E-state index >= 15 is 0 Å². The van der Waals surface area contributed by atoms with E-state index in [-0.39, 0.29) is 24.5 Å². The van der Waals surface area contributed by atoms with Crippen LogP contribution < -0.4 is 5.73 Å². The fourth-order valence-electron chi connectivity index (χ4n) is 1.79. The largest absolute Gasteiger partial charge is 0.385 e. The summed E-state index contributed by atoms with van der Waals surface area (Å²) in [6.45, 7) is 0.190. The molecule has 2 rings (SSSR count). The van der Waals surface area contributed by atoms with Gasteiger partial charge in [0.05, 0.1) is 6.54 Å². The first-order chi connectivity index (χ1) is 8.15. The number of amides is 2. The van der Waals surface area contributed by atoms with Crippen LogP contribution in [0.3, 0.4) is 0 Å². The zero-order valence-electron chi connectivity index (χ0n) is 8.93. The summed E-state index contributed by atoms with van der Waals surface area (Å²) in [7, 11) is 0. The van der Waals surface area contributed by atoms with Gasteiger partial charge in [0, 0.05) is 4.47 Å². The summed E-state index contributed by atoms with van der Waals surface area (Å²) in [5, 5.41) is 0. The van der Waals surface area contributed by atoms with Crippen molar-refractivity contribution >= 4 is 27.8 Å². The Morgan fingerprint density at radius 1 is 1.53 bits per heavy atom. The number of hydrogen-bond acceptors (Lipinski definition) is 2. The fourth-order valence-corrected chi connectivity index (χ4v) is 2.29. The van der Waals surface area contributed by atoms with Crippen LogP contribution in [0.25, 0.3) is 0 Å². The van der Waals surface area contributed by atoms with E-state index in [0.717, 1.165) is 10.0 Å². The molecule has 4 nitrogen and oxygen atoms in total. The van der Waals surface area contributed by atoms with E-state index in [4.69, 9.17) is 12.2 Å². The van der Waals surface area contributed by atoms with Gasteiger partial charge in [-0.2, -0.15) is 4.99 Å². The number of nitrogens with two attached hydrogens (primary N) is 1. The minimum absolute atomic E-state index is 0.190. The quantitative estimate of drug-likeness (QED) is 0.847. The molecule has 0 saturated carbocycles. The van der Waals surface area contributed by atoms with Crippen LogP contribution in [0.5, 0.6) is 0 Å². The number of amidine groups is 1. The SMILES string of the molecule is C#CCN1C(=O)N=C(N)C1c1ccccc1Br. The van der Waals surface area contributed by atoms with Crippen molar-refractivity contribution < 1.29 is 4.79 Å². The maximum atomic E-state index is 11.6. The minimum Gasteiger partial charge on any atom is -0.385 e. The third-order valence-corrected chi connectivity index (χ3v) is 3.25. The van der Waals surface area contributed by atoms with Crippen molar-refractivity contribution in [1.82, 2.24) is 4.90 Å². The second kappa shape index (κ2) is 4.60. The third kappa shape index (κ3) is 2.04. The Balaban J connectivity index is 2.43. The van der Waals surface area contributed by atoms with Gasteiger partial charge >= 0.3 is 6.03 Å². The highest BCUT2D eigenvalue weighted by atomic mass is 79.9. The van der Waals surface area contributed by atoms with Crippen molar-refractivity contribution in [1.29, 1.82) is 0 Å². The molecule has 1 atom stereocenters. The normalized spacial score (nSPS) is 19.1. The Hall–Kier alpha value is -1.80. The van der Waals surface area contributed by atoms with Gasteiger partial charge < -0.3 is 5.73 Å². The average molecular weight is 292 g/mol. The highest BCUT2D eigenvalue weighted by Gasteiger charge is 2.34. The lowest BCUT2D eigenvalue weighted by atomic mass is 10.1. The van der Waals surface area contributed by atoms with Gasteiger partial charge in [-0.15, -0.1) is 6.42 Å². The van der Waals surface area contributed by atoms with Gasteiger partial charge in [0.25, 0.3) is 0 Å². The summed E-state index contributed by atoms with van der Waals surface area (Å²) in [5.41, 5.74) is 6.67. The Bertz CT molecular complexity index is 533. The number of aliphatic imine (C=N–C) groups is 1. The predicted molar refractivity (Wildman–Crippen MR) is 69.4 cm³/mol. The summed E-state index contributed by atoms with van der Waals surface area (Å²) in [4.78, 5) is 16.8. The van der Waals surface area contributed by atoms with Crippen LogP contribution in [0.15, 0.2) is 33.7 Å². The molecule has 1 aliphatic heterocycles. The van der Waals surface area contributed by atoms with E-state index in [2.05, 4.69) is 26.8 Å². The summed E-state index contributed by atoms with van der Waals surface area (Å²) < 4.78 is 0.875. The van der Waals surface area contributed by atoms with Gasteiger partial charge in [-0.1, -0.05) is 40.0 Å². The van der Waals surface area contributed by atoms with Crippen LogP contribution >= 0.6 is 15.9 Å². The molecule has 1 aromatic carbocycles. The van der Waals surface area contributed by atoms with Crippen molar-refractivity contribution in [3.63, 3.8) is 0 Å². The van der Waals surface area contributed by atoms with E-state index in [1.54, 1.807) is 0 Å². The molecule has 0 aliphatic carbocycles. The van der Waals surface area contributed by atoms with Crippen molar-refractivity contribution in [3.05, 3.63) is 34.3 Å². The van der Waals surface area contributed by atoms with E-state index in [0.29, 0.717) is 0 Å². The lowest BCUT2D eigenvalue weighted by Gasteiger charge is -2.23. The Kier molecular flexibility index (Phi) is 3.16. The Labute approximate surface area is 108 Å². The number of urea groups is 1. The molecule has 1 aromatic rings. The molecule has 86 valence electrons. The van der Waals surface area contributed by atoms with Gasteiger partial charge in [-0.25, -0.2) is 4.79 Å². The molecule has 17 heavy (non-hydrogen) atoms. The number of hydrogen-bond donors (Lipinski definition) is 1. The van der Waals surface area contributed by atoms with Crippen molar-refractivity contribution in [3.8, 4) is 12.3 Å². The fraction of sp³-hybridized carbons (Fsp3) is 0.167. The van der Waals surface area contributed by atoms with E-state index in [1.807, 2.05) is 24.3 Å². The summed E-state index contributed by atoms with van der Waals surface area (Å²) in [6, 6.07) is 6.78. The van der Waals surface area contributed by atoms with Gasteiger partial charge in [0.15, 0.2) is 0 Å². The van der Waals surface area contributed by atoms with Crippen LogP contribution in [-0.4, -0.2) is 23.3 Å². The molecule has 0 radical (unpaired) electrons. The second-order valence-electron chi connectivity index (χ2n) is 3.58. The van der Waals surface area contributed by atoms with E-state index in [9.17, 15) is 4.79 Å². The van der Waals surface area contributed by atoms with Crippen LogP contribution in [0.4, 0.5) is 4.79 Å². The first kappa shape index (κ1) is 11.7. The topological polar surface area (TPSA) is 58.7 Å². The molecule has 1 aliphatic rings. The van der Waals surface area contributed by atoms with Gasteiger partial charge in [0.2, 0.25) is 0 Å². The predicted octanol–water partition coefficient (Wildman–Crippen LogP) is 1.92. The molecule has 0 bridgehead atoms. The molecule has 1 unspecified atom stereocenters. The first-order valence-electron chi connectivity index (χ1n) is 4.97. The van der Waals surface area contributed by atoms with Crippen molar-refractivity contribution in [2.75, 3.05) is 6.54 Å². The second-order valence-corrected chi connectivity index (χ2v) is 4.43. The monoisotopic (exact) mass is 291 g/mol. The molecule has 0 fully saturated rings. The maximum absolute atomic E-state index is 11.6. The number of benzene rings is 1. The van der Waals surface area contributed by atoms with Crippen molar-refractivity contribution in [2.24, 2.45) is 10.7 Å². The zero-order chi connectivity index (χ0) is 12.4. The molecule has 0 saturated heterocycles. The Morgan fingerprint density at radius 3 is 2.88 bits per heavy atom. The van der Waals surface area contributed by atoms with Crippen LogP contribution in [0.2, 0.25) is 0 Å². The van der Waals surface area contributed by atoms with E-state index in [1.165, 1.54) is 4.90 Å². The summed E-state index contributed by atoms with van der Waals surface area (Å²) in [5.74, 6) is 2.72. The molecule has 2 N–H and O–H groups in total. The van der Waals surface area contributed by atoms with Crippen LogP contribution in [0.1, 0.15) is 11.6 Å².